The van der Waals surface area contributed by atoms with Crippen molar-refractivity contribution in [2.24, 2.45) is 11.8 Å². The van der Waals surface area contributed by atoms with Crippen LogP contribution in [-0.4, -0.2) is 20.5 Å². The maximum Gasteiger partial charge on any atom is 0.391 e. The molecule has 0 bridgehead atoms. The number of hydrogen-bond acceptors (Lipinski definition) is 3. The Kier molecular flexibility index (Phi) is 6.40. The highest BCUT2D eigenvalue weighted by atomic mass is 32.2. The van der Waals surface area contributed by atoms with Gasteiger partial charge in [-0.3, -0.25) is 9.52 Å². The van der Waals surface area contributed by atoms with Gasteiger partial charge in [0.2, 0.25) is 5.91 Å². The Morgan fingerprint density at radius 1 is 1.07 bits per heavy atom. The van der Waals surface area contributed by atoms with E-state index in [1.807, 2.05) is 0 Å². The number of anilines is 2. The Morgan fingerprint density at radius 2 is 1.77 bits per heavy atom. The minimum atomic E-state index is -4.30. The number of halogens is 3. The van der Waals surface area contributed by atoms with E-state index in [2.05, 4.69) is 10.0 Å². The highest BCUT2D eigenvalue weighted by Gasteiger charge is 2.43. The maximum atomic E-state index is 13.0. The normalized spacial score (nSPS) is 19.9. The Hall–Kier alpha value is -2.55. The summed E-state index contributed by atoms with van der Waals surface area (Å²) in [6.07, 6.45) is -3.74. The molecule has 1 saturated carbocycles. The van der Waals surface area contributed by atoms with Gasteiger partial charge in [-0.2, -0.15) is 13.2 Å². The summed E-state index contributed by atoms with van der Waals surface area (Å²) in [6, 6.07) is 12.5. The lowest BCUT2D eigenvalue weighted by Crippen LogP contribution is -2.34. The number of carbonyl (C=O) groups is 1. The van der Waals surface area contributed by atoms with Crippen molar-refractivity contribution >= 4 is 27.3 Å². The van der Waals surface area contributed by atoms with Crippen LogP contribution >= 0.6 is 0 Å². The number of alkyl halides is 3. The number of aryl methyl sites for hydroxylation is 1. The van der Waals surface area contributed by atoms with Crippen LogP contribution < -0.4 is 10.0 Å². The van der Waals surface area contributed by atoms with Crippen molar-refractivity contribution in [3.8, 4) is 0 Å². The summed E-state index contributed by atoms with van der Waals surface area (Å²) in [5.74, 6) is -2.67. The van der Waals surface area contributed by atoms with Gasteiger partial charge in [-0.15, -0.1) is 0 Å². The number of nitrogens with one attached hydrogen (secondary N) is 2. The standard InChI is InChI=1S/C21H23F3N2O3S/c1-14-10-11-17(13-19(14)26-30(28,29)18-8-3-2-4-9-18)25-20(27)15-6-5-7-16(12-15)21(22,23)24/h2-4,8-11,13,15-16,26H,5-7,12H2,1H3,(H,25,27). The molecule has 9 heteroatoms. The van der Waals surface area contributed by atoms with Crippen LogP contribution in [0.4, 0.5) is 24.5 Å². The smallest absolute Gasteiger partial charge is 0.326 e. The van der Waals surface area contributed by atoms with E-state index >= 15 is 0 Å². The second-order valence-electron chi connectivity index (χ2n) is 7.54. The molecule has 1 fully saturated rings. The first-order chi connectivity index (χ1) is 14.1. The molecule has 0 radical (unpaired) electrons. The first-order valence-electron chi connectivity index (χ1n) is 9.62. The zero-order valence-electron chi connectivity index (χ0n) is 16.4. The lowest BCUT2D eigenvalue weighted by Gasteiger charge is -2.29. The Labute approximate surface area is 173 Å². The summed E-state index contributed by atoms with van der Waals surface area (Å²) in [4.78, 5) is 12.6. The molecule has 1 amide bonds. The second kappa shape index (κ2) is 8.67. The number of hydrogen-bond donors (Lipinski definition) is 2. The predicted molar refractivity (Wildman–Crippen MR) is 109 cm³/mol. The van der Waals surface area contributed by atoms with Crippen LogP contribution in [0.2, 0.25) is 0 Å². The average Bonchev–Trinajstić information content (AvgIpc) is 2.70. The van der Waals surface area contributed by atoms with Crippen molar-refractivity contribution < 1.29 is 26.4 Å². The molecule has 1 aliphatic rings. The molecular weight excluding hydrogens is 417 g/mol. The van der Waals surface area contributed by atoms with E-state index in [1.165, 1.54) is 18.2 Å². The molecule has 2 unspecified atom stereocenters. The summed E-state index contributed by atoms with van der Waals surface area (Å²) in [5, 5.41) is 2.64. The van der Waals surface area contributed by atoms with E-state index in [9.17, 15) is 26.4 Å². The molecule has 2 atom stereocenters. The molecule has 162 valence electrons. The Balaban J connectivity index is 1.73. The molecule has 0 aromatic heterocycles. The van der Waals surface area contributed by atoms with Crippen LogP contribution in [0, 0.1) is 18.8 Å². The van der Waals surface area contributed by atoms with Gasteiger partial charge in [0.25, 0.3) is 10.0 Å². The molecule has 2 N–H and O–H groups in total. The molecule has 1 aliphatic carbocycles. The van der Waals surface area contributed by atoms with Crippen molar-refractivity contribution in [3.63, 3.8) is 0 Å². The summed E-state index contributed by atoms with van der Waals surface area (Å²) >= 11 is 0. The summed E-state index contributed by atoms with van der Waals surface area (Å²) in [7, 11) is -3.81. The zero-order valence-corrected chi connectivity index (χ0v) is 17.2. The number of benzene rings is 2. The monoisotopic (exact) mass is 440 g/mol. The van der Waals surface area contributed by atoms with E-state index in [4.69, 9.17) is 0 Å². The minimum absolute atomic E-state index is 0.0449. The lowest BCUT2D eigenvalue weighted by atomic mass is 9.80. The van der Waals surface area contributed by atoms with Gasteiger partial charge in [0, 0.05) is 11.6 Å². The van der Waals surface area contributed by atoms with Gasteiger partial charge in [-0.05, 0) is 56.0 Å². The summed E-state index contributed by atoms with van der Waals surface area (Å²) in [6.45, 7) is 1.71. The largest absolute Gasteiger partial charge is 0.391 e. The summed E-state index contributed by atoms with van der Waals surface area (Å²) < 4.78 is 66.6. The van der Waals surface area contributed by atoms with Crippen LogP contribution in [0.3, 0.4) is 0 Å². The van der Waals surface area contributed by atoms with Gasteiger partial charge >= 0.3 is 6.18 Å². The van der Waals surface area contributed by atoms with E-state index < -0.39 is 33.9 Å². The minimum Gasteiger partial charge on any atom is -0.326 e. The first-order valence-corrected chi connectivity index (χ1v) is 11.1. The van der Waals surface area contributed by atoms with Gasteiger partial charge in [-0.25, -0.2) is 8.42 Å². The first kappa shape index (κ1) is 22.1. The molecule has 5 nitrogen and oxygen atoms in total. The molecule has 3 rings (SSSR count). The third-order valence-corrected chi connectivity index (χ3v) is 6.69. The molecule has 0 spiro atoms. The number of rotatable bonds is 5. The van der Waals surface area contributed by atoms with Crippen LogP contribution in [-0.2, 0) is 14.8 Å². The molecule has 2 aromatic rings. The molecule has 0 saturated heterocycles. The molecule has 0 aliphatic heterocycles. The third kappa shape index (κ3) is 5.33. The molecule has 0 heterocycles. The zero-order chi connectivity index (χ0) is 21.9. The van der Waals surface area contributed by atoms with Crippen molar-refractivity contribution in [1.29, 1.82) is 0 Å². The SMILES string of the molecule is Cc1ccc(NC(=O)C2CCCC(C(F)(F)F)C2)cc1NS(=O)(=O)c1ccccc1. The van der Waals surface area contributed by atoms with Crippen molar-refractivity contribution in [2.75, 3.05) is 10.0 Å². The molecule has 30 heavy (non-hydrogen) atoms. The predicted octanol–water partition coefficient (Wildman–Crippen LogP) is 5.10. The number of sulfonamides is 1. The summed E-state index contributed by atoms with van der Waals surface area (Å²) in [5.41, 5.74) is 1.25. The second-order valence-corrected chi connectivity index (χ2v) is 9.22. The van der Waals surface area contributed by atoms with Crippen LogP contribution in [0.15, 0.2) is 53.4 Å². The quantitative estimate of drug-likeness (QED) is 0.679. The van der Waals surface area contributed by atoms with Crippen molar-refractivity contribution in [2.45, 2.75) is 43.7 Å². The van der Waals surface area contributed by atoms with Gasteiger partial charge < -0.3 is 5.32 Å². The van der Waals surface area contributed by atoms with Crippen molar-refractivity contribution in [1.82, 2.24) is 0 Å². The van der Waals surface area contributed by atoms with Gasteiger partial charge in [0.05, 0.1) is 16.5 Å². The maximum absolute atomic E-state index is 13.0. The van der Waals surface area contributed by atoms with Gasteiger partial charge in [0.15, 0.2) is 0 Å². The van der Waals surface area contributed by atoms with E-state index in [1.54, 1.807) is 37.3 Å². The van der Waals surface area contributed by atoms with Gasteiger partial charge in [0.1, 0.15) is 0 Å². The molecular formula is C21H23F3N2O3S. The molecule has 2 aromatic carbocycles. The fraction of sp³-hybridized carbons (Fsp3) is 0.381. The lowest BCUT2D eigenvalue weighted by molar-refractivity contribution is -0.185. The topological polar surface area (TPSA) is 75.3 Å². The average molecular weight is 440 g/mol. The fourth-order valence-corrected chi connectivity index (χ4v) is 4.73. The highest BCUT2D eigenvalue weighted by molar-refractivity contribution is 7.92. The number of carbonyl (C=O) groups excluding carboxylic acids is 1. The van der Waals surface area contributed by atoms with Gasteiger partial charge in [-0.1, -0.05) is 30.7 Å². The Bertz CT molecular complexity index is 1010. The van der Waals surface area contributed by atoms with Crippen molar-refractivity contribution in [3.05, 3.63) is 54.1 Å². The van der Waals surface area contributed by atoms with E-state index in [-0.39, 0.29) is 23.4 Å². The third-order valence-electron chi connectivity index (χ3n) is 5.31. The fourth-order valence-electron chi connectivity index (χ4n) is 3.58. The van der Waals surface area contributed by atoms with Crippen LogP contribution in [0.25, 0.3) is 0 Å². The highest BCUT2D eigenvalue weighted by Crippen LogP contribution is 2.40. The van der Waals surface area contributed by atoms with E-state index in [0.717, 1.165) is 0 Å². The van der Waals surface area contributed by atoms with E-state index in [0.29, 0.717) is 24.1 Å². The Morgan fingerprint density at radius 3 is 2.43 bits per heavy atom. The number of amides is 1. The van der Waals surface area contributed by atoms with Crippen LogP contribution in [0.1, 0.15) is 31.2 Å². The van der Waals surface area contributed by atoms with Crippen LogP contribution in [0.5, 0.6) is 0 Å².